The molecule has 3 N–H and O–H groups in total. The van der Waals surface area contributed by atoms with E-state index in [4.69, 9.17) is 18.9 Å². The number of likely N-dealkylation sites (tertiary alicyclic amines) is 1. The zero-order chi connectivity index (χ0) is 34.5. The number of hydrogen-bond acceptors (Lipinski definition) is 10. The fourth-order valence-electron chi connectivity index (χ4n) is 7.15. The van der Waals surface area contributed by atoms with Crippen LogP contribution in [0.1, 0.15) is 50.7 Å². The molecule has 4 unspecified atom stereocenters. The minimum atomic E-state index is -1.61. The Morgan fingerprint density at radius 3 is 2.42 bits per heavy atom. The molecule has 2 saturated carbocycles. The van der Waals surface area contributed by atoms with Crippen molar-refractivity contribution in [2.75, 3.05) is 13.3 Å². The number of carbonyl (C=O) groups is 5. The quantitative estimate of drug-likeness (QED) is 0.198. The van der Waals surface area contributed by atoms with Gasteiger partial charge in [-0.25, -0.2) is 18.8 Å². The summed E-state index contributed by atoms with van der Waals surface area (Å²) >= 11 is 0. The molecular formula is C32H39FN4O11. The topological polar surface area (TPSA) is 184 Å². The number of rotatable bonds is 9. The first-order valence-electron chi connectivity index (χ1n) is 15.9. The van der Waals surface area contributed by atoms with Gasteiger partial charge in [0, 0.05) is 37.3 Å². The maximum absolute atomic E-state index is 14.3. The van der Waals surface area contributed by atoms with Crippen molar-refractivity contribution in [1.29, 1.82) is 0 Å². The van der Waals surface area contributed by atoms with Gasteiger partial charge in [0.15, 0.2) is 0 Å². The molecule has 0 radical (unpaired) electrons. The van der Waals surface area contributed by atoms with Crippen LogP contribution >= 0.6 is 0 Å². The molecule has 15 nitrogen and oxygen atoms in total. The molecule has 2 aliphatic carbocycles. The number of carboxylic acid groups (broad SMARTS) is 1. The maximum atomic E-state index is 14.3. The van der Waals surface area contributed by atoms with E-state index in [0.717, 1.165) is 4.90 Å². The summed E-state index contributed by atoms with van der Waals surface area (Å²) in [6, 6.07) is 1.71. The molecule has 4 fully saturated rings. The standard InChI is InChI=1S/C32H39FN4O11/c1-4-18-11-32(18,29(40)41)34-27(38)23-8-20(48-30(42)35-12-17-6-5-7-22(33)21(17)14-35)13-36(23)28(39)26(16(2)3)37(44)31(43)47-19-9-24-25(10-19)46-15-45-24/h4-7,16,18-20,23-26,44H,1,8-15H2,2-3H3,(H,34,38)(H,40,41)/t18-,19?,20-,23+,24?,25?,26?,32?/m1/s1. The third-order valence-electron chi connectivity index (χ3n) is 9.90. The number of carbonyl (C=O) groups excluding carboxylic acids is 4. The minimum Gasteiger partial charge on any atom is -0.479 e. The highest BCUT2D eigenvalue weighted by molar-refractivity contribution is 5.96. The first-order valence-corrected chi connectivity index (χ1v) is 15.9. The van der Waals surface area contributed by atoms with Gasteiger partial charge in [-0.15, -0.1) is 6.58 Å². The second-order valence-corrected chi connectivity index (χ2v) is 13.3. The first kappa shape index (κ1) is 33.6. The molecule has 5 aliphatic rings. The van der Waals surface area contributed by atoms with Crippen LogP contribution in [0.2, 0.25) is 0 Å². The summed E-state index contributed by atoms with van der Waals surface area (Å²) in [6.45, 7) is 6.74. The van der Waals surface area contributed by atoms with Crippen molar-refractivity contribution in [1.82, 2.24) is 20.2 Å². The van der Waals surface area contributed by atoms with Crippen molar-refractivity contribution in [3.63, 3.8) is 0 Å². The van der Waals surface area contributed by atoms with E-state index in [1.165, 1.54) is 17.0 Å². The molecule has 48 heavy (non-hydrogen) atoms. The molecule has 0 bridgehead atoms. The number of ether oxygens (including phenoxy) is 4. The van der Waals surface area contributed by atoms with E-state index < -0.39 is 77.5 Å². The maximum Gasteiger partial charge on any atom is 0.434 e. The smallest absolute Gasteiger partial charge is 0.434 e. The van der Waals surface area contributed by atoms with E-state index in [1.807, 2.05) is 0 Å². The second kappa shape index (κ2) is 13.0. The van der Waals surface area contributed by atoms with Gasteiger partial charge in [-0.2, -0.15) is 5.06 Å². The van der Waals surface area contributed by atoms with E-state index in [2.05, 4.69) is 11.9 Å². The van der Waals surface area contributed by atoms with Crippen molar-refractivity contribution in [2.45, 2.75) is 94.7 Å². The zero-order valence-corrected chi connectivity index (χ0v) is 26.6. The Hall–Kier alpha value is -4.28. The third kappa shape index (κ3) is 6.19. The van der Waals surface area contributed by atoms with E-state index in [9.17, 15) is 38.7 Å². The van der Waals surface area contributed by atoms with Gasteiger partial charge >= 0.3 is 18.2 Å². The van der Waals surface area contributed by atoms with Gasteiger partial charge in [-0.3, -0.25) is 19.7 Å². The Morgan fingerprint density at radius 2 is 1.81 bits per heavy atom. The van der Waals surface area contributed by atoms with Gasteiger partial charge in [0.1, 0.15) is 42.4 Å². The number of aliphatic carboxylic acids is 1. The van der Waals surface area contributed by atoms with Crippen LogP contribution in [0, 0.1) is 17.7 Å². The summed E-state index contributed by atoms with van der Waals surface area (Å²) in [4.78, 5) is 68.5. The molecular weight excluding hydrogens is 635 g/mol. The number of hydrogen-bond donors (Lipinski definition) is 3. The molecule has 0 aromatic heterocycles. The summed E-state index contributed by atoms with van der Waals surface area (Å²) < 4.78 is 36.4. The molecule has 6 rings (SSSR count). The van der Waals surface area contributed by atoms with Crippen LogP contribution < -0.4 is 5.32 Å². The van der Waals surface area contributed by atoms with E-state index >= 15 is 0 Å². The lowest BCUT2D eigenvalue weighted by Gasteiger charge is -2.33. The second-order valence-electron chi connectivity index (χ2n) is 13.3. The van der Waals surface area contributed by atoms with Crippen molar-refractivity contribution >= 4 is 30.0 Å². The SMILES string of the molecule is C=C[C@@H]1CC1(NC(=O)[C@@H]1C[C@@H](OC(=O)N2Cc3cccc(F)c3C2)CN1C(=O)C(C(C)C)N(O)C(=O)OC1CC2OCOC2C1)C(=O)O. The van der Waals surface area contributed by atoms with Crippen LogP contribution in [0.5, 0.6) is 0 Å². The third-order valence-corrected chi connectivity index (χ3v) is 9.90. The lowest BCUT2D eigenvalue weighted by atomic mass is 10.0. The number of halogens is 1. The van der Waals surface area contributed by atoms with Crippen LogP contribution in [0.25, 0.3) is 0 Å². The summed E-state index contributed by atoms with van der Waals surface area (Å²) in [5.41, 5.74) is -0.612. The molecule has 16 heteroatoms. The first-order chi connectivity index (χ1) is 22.8. The van der Waals surface area contributed by atoms with Gasteiger partial charge in [0.2, 0.25) is 11.8 Å². The molecule has 260 valence electrons. The zero-order valence-electron chi connectivity index (χ0n) is 26.6. The summed E-state index contributed by atoms with van der Waals surface area (Å²) in [7, 11) is 0. The highest BCUT2D eigenvalue weighted by Crippen LogP contribution is 2.45. The molecule has 1 aromatic carbocycles. The van der Waals surface area contributed by atoms with Gasteiger partial charge in [0.05, 0.1) is 25.3 Å². The number of fused-ring (bicyclic) bond motifs is 2. The molecule has 3 aliphatic heterocycles. The van der Waals surface area contributed by atoms with Gasteiger partial charge in [-0.05, 0) is 24.0 Å². The Labute approximate surface area is 275 Å². The van der Waals surface area contributed by atoms with E-state index in [1.54, 1.807) is 26.0 Å². The average molecular weight is 675 g/mol. The molecule has 0 spiro atoms. The van der Waals surface area contributed by atoms with Gasteiger partial charge in [-0.1, -0.05) is 32.1 Å². The minimum absolute atomic E-state index is 0.0259. The molecule has 2 saturated heterocycles. The van der Waals surface area contributed by atoms with Crippen LogP contribution in [0.3, 0.4) is 0 Å². The fourth-order valence-corrected chi connectivity index (χ4v) is 7.15. The van der Waals surface area contributed by atoms with Crippen LogP contribution in [0.15, 0.2) is 30.9 Å². The number of amides is 4. The molecule has 4 amide bonds. The number of hydroxylamine groups is 2. The van der Waals surface area contributed by atoms with Crippen LogP contribution in [0.4, 0.5) is 14.0 Å². The fraction of sp³-hybridized carbons (Fsp3) is 0.594. The van der Waals surface area contributed by atoms with Crippen LogP contribution in [-0.4, -0.2) is 111 Å². The highest BCUT2D eigenvalue weighted by Gasteiger charge is 2.61. The number of nitrogens with one attached hydrogen (secondary N) is 1. The Balaban J connectivity index is 1.18. The van der Waals surface area contributed by atoms with Crippen molar-refractivity contribution in [2.24, 2.45) is 11.8 Å². The summed E-state index contributed by atoms with van der Waals surface area (Å²) in [5.74, 6) is -4.58. The number of benzene rings is 1. The van der Waals surface area contributed by atoms with E-state index in [-0.39, 0.29) is 56.5 Å². The monoisotopic (exact) mass is 674 g/mol. The molecule has 7 atom stereocenters. The normalized spacial score (nSPS) is 30.8. The van der Waals surface area contributed by atoms with Crippen molar-refractivity contribution < 1.29 is 57.6 Å². The summed E-state index contributed by atoms with van der Waals surface area (Å²) in [5, 5.41) is 23.6. The lowest BCUT2D eigenvalue weighted by Crippen LogP contribution is -2.58. The average Bonchev–Trinajstić information content (AvgIpc) is 3.52. The van der Waals surface area contributed by atoms with Crippen molar-refractivity contribution in [3.8, 4) is 0 Å². The van der Waals surface area contributed by atoms with Gasteiger partial charge in [0.25, 0.3) is 0 Å². The van der Waals surface area contributed by atoms with E-state index in [0.29, 0.717) is 24.0 Å². The highest BCUT2D eigenvalue weighted by atomic mass is 19.1. The number of nitrogens with zero attached hydrogens (tertiary/aromatic N) is 3. The largest absolute Gasteiger partial charge is 0.479 e. The number of carboxylic acids is 1. The molecule has 1 aromatic rings. The van der Waals surface area contributed by atoms with Crippen LogP contribution in [-0.2, 0) is 46.4 Å². The predicted molar refractivity (Wildman–Crippen MR) is 159 cm³/mol. The Kier molecular flexibility index (Phi) is 9.08. The predicted octanol–water partition coefficient (Wildman–Crippen LogP) is 2.15. The van der Waals surface area contributed by atoms with Gasteiger partial charge < -0.3 is 34.3 Å². The Morgan fingerprint density at radius 1 is 1.10 bits per heavy atom. The lowest BCUT2D eigenvalue weighted by molar-refractivity contribution is -0.164. The summed E-state index contributed by atoms with van der Waals surface area (Å²) in [6.07, 6.45) is -2.03. The molecule has 3 heterocycles. The Bertz CT molecular complexity index is 1500. The van der Waals surface area contributed by atoms with Crippen molar-refractivity contribution in [3.05, 3.63) is 47.8 Å².